The molecule has 3 atom stereocenters. The highest BCUT2D eigenvalue weighted by atomic mass is 16.4. The summed E-state index contributed by atoms with van der Waals surface area (Å²) in [5.74, 6) is -2.35. The molecule has 1 aliphatic rings. The average Bonchev–Trinajstić information content (AvgIpc) is 3.22. The fourth-order valence-corrected chi connectivity index (χ4v) is 3.67. The first-order valence-electron chi connectivity index (χ1n) is 10.7. The van der Waals surface area contributed by atoms with E-state index in [0.717, 1.165) is 5.56 Å². The van der Waals surface area contributed by atoms with Crippen molar-refractivity contribution in [3.63, 3.8) is 0 Å². The minimum absolute atomic E-state index is 0.0821. The highest BCUT2D eigenvalue weighted by molar-refractivity contribution is 5.93. The zero-order valence-electron chi connectivity index (χ0n) is 18.4. The molecule has 2 rings (SSSR count). The summed E-state index contributed by atoms with van der Waals surface area (Å²) in [6, 6.07) is 3.65. The molecule has 32 heavy (non-hydrogen) atoms. The van der Waals surface area contributed by atoms with Gasteiger partial charge in [0.2, 0.25) is 17.7 Å². The second-order valence-electron chi connectivity index (χ2n) is 8.47. The SMILES string of the molecule is CC(C)CC(NC(=O)C1CCCN1C(=O)CNC(=O)C(N)Cc1ccc(O)cc1)C(=O)O. The van der Waals surface area contributed by atoms with Gasteiger partial charge >= 0.3 is 5.97 Å². The van der Waals surface area contributed by atoms with Gasteiger partial charge in [0.05, 0.1) is 12.6 Å². The standard InChI is InChI=1S/C22H32N4O6/c1-13(2)10-17(22(31)32)25-21(30)18-4-3-9-26(18)19(28)12-24-20(29)16(23)11-14-5-7-15(27)8-6-14/h5-8,13,16-18,27H,3-4,9-12,23H2,1-2H3,(H,24,29)(H,25,30)(H,31,32). The molecule has 10 heteroatoms. The van der Waals surface area contributed by atoms with Crippen molar-refractivity contribution in [3.05, 3.63) is 29.8 Å². The number of carbonyl (C=O) groups excluding carboxylic acids is 3. The predicted molar refractivity (Wildman–Crippen MR) is 117 cm³/mol. The number of carbonyl (C=O) groups is 4. The number of hydrogen-bond acceptors (Lipinski definition) is 6. The molecule has 3 amide bonds. The molecule has 1 heterocycles. The van der Waals surface area contributed by atoms with Crippen molar-refractivity contribution in [2.75, 3.05) is 13.1 Å². The highest BCUT2D eigenvalue weighted by Gasteiger charge is 2.36. The molecule has 0 spiro atoms. The number of aromatic hydroxyl groups is 1. The Morgan fingerprint density at radius 1 is 1.19 bits per heavy atom. The third kappa shape index (κ3) is 7.23. The topological polar surface area (TPSA) is 162 Å². The smallest absolute Gasteiger partial charge is 0.326 e. The predicted octanol–water partition coefficient (Wildman–Crippen LogP) is -0.0153. The van der Waals surface area contributed by atoms with Crippen molar-refractivity contribution in [1.29, 1.82) is 0 Å². The molecule has 1 aliphatic heterocycles. The molecule has 1 fully saturated rings. The summed E-state index contributed by atoms with van der Waals surface area (Å²) in [6.45, 7) is 3.78. The van der Waals surface area contributed by atoms with Crippen molar-refractivity contribution in [2.45, 2.75) is 57.7 Å². The van der Waals surface area contributed by atoms with Crippen LogP contribution in [0.3, 0.4) is 0 Å². The van der Waals surface area contributed by atoms with Gasteiger partial charge < -0.3 is 31.5 Å². The van der Waals surface area contributed by atoms with E-state index in [0.29, 0.717) is 19.4 Å². The fourth-order valence-electron chi connectivity index (χ4n) is 3.67. The number of amides is 3. The summed E-state index contributed by atoms with van der Waals surface area (Å²) >= 11 is 0. The van der Waals surface area contributed by atoms with Crippen molar-refractivity contribution in [3.8, 4) is 5.75 Å². The van der Waals surface area contributed by atoms with Gasteiger partial charge in [-0.15, -0.1) is 0 Å². The van der Waals surface area contributed by atoms with Crippen LogP contribution in [-0.2, 0) is 25.6 Å². The second kappa shape index (κ2) is 11.5. The van der Waals surface area contributed by atoms with E-state index >= 15 is 0 Å². The zero-order chi connectivity index (χ0) is 23.8. The number of benzene rings is 1. The molecule has 0 radical (unpaired) electrons. The summed E-state index contributed by atoms with van der Waals surface area (Å²) < 4.78 is 0. The lowest BCUT2D eigenvalue weighted by atomic mass is 10.0. The maximum atomic E-state index is 12.6. The van der Waals surface area contributed by atoms with Gasteiger partial charge in [-0.1, -0.05) is 26.0 Å². The van der Waals surface area contributed by atoms with Gasteiger partial charge in [-0.3, -0.25) is 14.4 Å². The Bertz CT molecular complexity index is 826. The van der Waals surface area contributed by atoms with E-state index < -0.39 is 41.8 Å². The fraction of sp³-hybridized carbons (Fsp3) is 0.545. The number of phenols is 1. The highest BCUT2D eigenvalue weighted by Crippen LogP contribution is 2.18. The molecular formula is C22H32N4O6. The van der Waals surface area contributed by atoms with Gasteiger partial charge in [0.1, 0.15) is 17.8 Å². The van der Waals surface area contributed by atoms with Gasteiger partial charge in [0.15, 0.2) is 0 Å². The maximum absolute atomic E-state index is 12.6. The van der Waals surface area contributed by atoms with Gasteiger partial charge in [-0.25, -0.2) is 4.79 Å². The molecule has 6 N–H and O–H groups in total. The number of likely N-dealkylation sites (tertiary alicyclic amines) is 1. The van der Waals surface area contributed by atoms with E-state index in [9.17, 15) is 29.4 Å². The Kier molecular flexibility index (Phi) is 9.01. The van der Waals surface area contributed by atoms with E-state index in [1.165, 1.54) is 17.0 Å². The van der Waals surface area contributed by atoms with E-state index in [1.807, 2.05) is 13.8 Å². The minimum atomic E-state index is -1.11. The first-order chi connectivity index (χ1) is 15.1. The monoisotopic (exact) mass is 448 g/mol. The van der Waals surface area contributed by atoms with Crippen LogP contribution in [0, 0.1) is 5.92 Å². The van der Waals surface area contributed by atoms with Crippen LogP contribution in [0.1, 0.15) is 38.7 Å². The molecule has 176 valence electrons. The van der Waals surface area contributed by atoms with Crippen LogP contribution in [0.25, 0.3) is 0 Å². The number of hydrogen-bond donors (Lipinski definition) is 5. The number of rotatable bonds is 10. The third-order valence-electron chi connectivity index (χ3n) is 5.34. The molecule has 0 aromatic heterocycles. The average molecular weight is 449 g/mol. The van der Waals surface area contributed by atoms with Crippen molar-refractivity contribution < 1.29 is 29.4 Å². The number of aliphatic carboxylic acids is 1. The van der Waals surface area contributed by atoms with E-state index in [2.05, 4.69) is 10.6 Å². The zero-order valence-corrected chi connectivity index (χ0v) is 18.4. The van der Waals surface area contributed by atoms with Crippen LogP contribution in [-0.4, -0.2) is 70.0 Å². The largest absolute Gasteiger partial charge is 0.508 e. The molecule has 1 saturated heterocycles. The molecule has 1 aromatic carbocycles. The molecular weight excluding hydrogens is 416 g/mol. The van der Waals surface area contributed by atoms with Crippen molar-refractivity contribution >= 4 is 23.7 Å². The molecule has 0 aliphatic carbocycles. The summed E-state index contributed by atoms with van der Waals surface area (Å²) in [5, 5.41) is 23.7. The second-order valence-corrected chi connectivity index (χ2v) is 8.47. The van der Waals surface area contributed by atoms with E-state index in [-0.39, 0.29) is 31.1 Å². The Morgan fingerprint density at radius 3 is 2.44 bits per heavy atom. The Balaban J connectivity index is 1.88. The van der Waals surface area contributed by atoms with Gasteiger partial charge in [-0.05, 0) is 49.3 Å². The normalized spacial score (nSPS) is 17.6. The lowest BCUT2D eigenvalue weighted by molar-refractivity contribution is -0.144. The summed E-state index contributed by atoms with van der Waals surface area (Å²) in [7, 11) is 0. The van der Waals surface area contributed by atoms with Gasteiger partial charge in [0.25, 0.3) is 0 Å². The van der Waals surface area contributed by atoms with Gasteiger partial charge in [-0.2, -0.15) is 0 Å². The van der Waals surface area contributed by atoms with Crippen LogP contribution in [0.15, 0.2) is 24.3 Å². The van der Waals surface area contributed by atoms with E-state index in [1.54, 1.807) is 12.1 Å². The number of nitrogens with one attached hydrogen (secondary N) is 2. The summed E-state index contributed by atoms with van der Waals surface area (Å²) in [6.07, 6.45) is 1.57. The summed E-state index contributed by atoms with van der Waals surface area (Å²) in [5.41, 5.74) is 6.67. The van der Waals surface area contributed by atoms with Gasteiger partial charge in [0, 0.05) is 6.54 Å². The maximum Gasteiger partial charge on any atom is 0.326 e. The molecule has 1 aromatic rings. The number of phenolic OH excluding ortho intramolecular Hbond substituents is 1. The number of nitrogens with two attached hydrogens (primary N) is 1. The van der Waals surface area contributed by atoms with Crippen molar-refractivity contribution in [1.82, 2.24) is 15.5 Å². The first kappa shape index (κ1) is 25.1. The van der Waals surface area contributed by atoms with Crippen LogP contribution < -0.4 is 16.4 Å². The van der Waals surface area contributed by atoms with Crippen LogP contribution >= 0.6 is 0 Å². The van der Waals surface area contributed by atoms with Crippen LogP contribution in [0.4, 0.5) is 0 Å². The molecule has 3 unspecified atom stereocenters. The lowest BCUT2D eigenvalue weighted by Crippen LogP contribution is -2.53. The third-order valence-corrected chi connectivity index (χ3v) is 5.34. The lowest BCUT2D eigenvalue weighted by Gasteiger charge is -2.26. The molecule has 0 bridgehead atoms. The first-order valence-corrected chi connectivity index (χ1v) is 10.7. The Labute approximate surface area is 187 Å². The number of nitrogens with zero attached hydrogens (tertiary/aromatic N) is 1. The van der Waals surface area contributed by atoms with Crippen LogP contribution in [0.5, 0.6) is 5.75 Å². The summed E-state index contributed by atoms with van der Waals surface area (Å²) in [4.78, 5) is 50.3. The number of carboxylic acids is 1. The van der Waals surface area contributed by atoms with Crippen LogP contribution in [0.2, 0.25) is 0 Å². The Hall–Kier alpha value is -3.14. The minimum Gasteiger partial charge on any atom is -0.508 e. The number of carboxylic acid groups (broad SMARTS) is 1. The van der Waals surface area contributed by atoms with E-state index in [4.69, 9.17) is 5.73 Å². The quantitative estimate of drug-likeness (QED) is 0.336. The molecule has 0 saturated carbocycles. The van der Waals surface area contributed by atoms with Crippen molar-refractivity contribution in [2.24, 2.45) is 11.7 Å². The Morgan fingerprint density at radius 2 is 1.84 bits per heavy atom. The molecule has 10 nitrogen and oxygen atoms in total.